The van der Waals surface area contributed by atoms with Crippen molar-refractivity contribution in [2.75, 3.05) is 19.7 Å². The number of pyridine rings is 1. The number of aromatic nitrogens is 1. The molecular weight excluding hydrogens is 242 g/mol. The highest BCUT2D eigenvalue weighted by molar-refractivity contribution is 5.94. The summed E-state index contributed by atoms with van der Waals surface area (Å²) in [5.74, 6) is -2.75. The molecule has 2 heterocycles. The molecule has 0 radical (unpaired) electrons. The van der Waals surface area contributed by atoms with Crippen LogP contribution in [0.15, 0.2) is 12.3 Å². The van der Waals surface area contributed by atoms with Crippen molar-refractivity contribution in [1.29, 1.82) is 0 Å². The highest BCUT2D eigenvalue weighted by atomic mass is 19.2. The van der Waals surface area contributed by atoms with Gasteiger partial charge in [-0.1, -0.05) is 0 Å². The molecule has 2 rings (SSSR count). The second-order valence-corrected chi connectivity index (χ2v) is 4.38. The number of likely N-dealkylation sites (tertiary alicyclic amines) is 1. The lowest BCUT2D eigenvalue weighted by molar-refractivity contribution is 0.0778. The second kappa shape index (κ2) is 5.39. The molecule has 1 aromatic rings. The fraction of sp³-hybridized carbons (Fsp3) is 0.500. The Morgan fingerprint density at radius 1 is 1.56 bits per heavy atom. The number of aliphatic hydroxyl groups is 1. The predicted molar refractivity (Wildman–Crippen MR) is 59.9 cm³/mol. The minimum atomic E-state index is -1.26. The third-order valence-electron chi connectivity index (χ3n) is 3.19. The van der Waals surface area contributed by atoms with Crippen molar-refractivity contribution in [3.63, 3.8) is 0 Å². The van der Waals surface area contributed by atoms with Crippen LogP contribution in [0.4, 0.5) is 8.78 Å². The zero-order chi connectivity index (χ0) is 13.1. The lowest BCUT2D eigenvalue weighted by atomic mass is 10.1. The Kier molecular flexibility index (Phi) is 3.86. The van der Waals surface area contributed by atoms with Gasteiger partial charge in [0.25, 0.3) is 5.91 Å². The van der Waals surface area contributed by atoms with Gasteiger partial charge in [-0.3, -0.25) is 4.79 Å². The Hall–Kier alpha value is -1.56. The van der Waals surface area contributed by atoms with Gasteiger partial charge in [-0.15, -0.1) is 0 Å². The van der Waals surface area contributed by atoms with Crippen molar-refractivity contribution in [2.45, 2.75) is 12.8 Å². The topological polar surface area (TPSA) is 53.4 Å². The molecule has 1 fully saturated rings. The third-order valence-corrected chi connectivity index (χ3v) is 3.19. The number of carbonyl (C=O) groups is 1. The van der Waals surface area contributed by atoms with E-state index in [-0.39, 0.29) is 18.1 Å². The smallest absolute Gasteiger partial charge is 0.257 e. The Balaban J connectivity index is 2.11. The van der Waals surface area contributed by atoms with Crippen LogP contribution >= 0.6 is 0 Å². The van der Waals surface area contributed by atoms with Crippen LogP contribution in [0.25, 0.3) is 0 Å². The van der Waals surface area contributed by atoms with Crippen LogP contribution in [0, 0.1) is 17.7 Å². The fourth-order valence-electron chi connectivity index (χ4n) is 2.19. The minimum absolute atomic E-state index is 0.0743. The normalized spacial score (nSPS) is 19.3. The van der Waals surface area contributed by atoms with Crippen LogP contribution in [0.3, 0.4) is 0 Å². The fourth-order valence-corrected chi connectivity index (χ4v) is 2.19. The number of hydrogen-bond donors (Lipinski definition) is 1. The molecule has 6 heteroatoms. The van der Waals surface area contributed by atoms with E-state index in [4.69, 9.17) is 5.11 Å². The molecule has 0 aromatic carbocycles. The first-order chi connectivity index (χ1) is 8.63. The third kappa shape index (κ3) is 2.48. The zero-order valence-corrected chi connectivity index (χ0v) is 9.77. The van der Waals surface area contributed by atoms with Crippen LogP contribution in [-0.4, -0.2) is 40.6 Å². The molecule has 1 aliphatic rings. The van der Waals surface area contributed by atoms with Crippen LogP contribution in [0.2, 0.25) is 0 Å². The number of nitrogens with zero attached hydrogens (tertiary/aromatic N) is 2. The van der Waals surface area contributed by atoms with E-state index in [2.05, 4.69) is 4.98 Å². The first kappa shape index (κ1) is 12.9. The van der Waals surface area contributed by atoms with Gasteiger partial charge < -0.3 is 10.0 Å². The summed E-state index contributed by atoms with van der Waals surface area (Å²) in [6.45, 7) is 1.06. The molecule has 98 valence electrons. The maximum atomic E-state index is 13.4. The molecule has 1 aliphatic heterocycles. The van der Waals surface area contributed by atoms with Crippen molar-refractivity contribution in [2.24, 2.45) is 5.92 Å². The summed E-state index contributed by atoms with van der Waals surface area (Å²) >= 11 is 0. The van der Waals surface area contributed by atoms with Gasteiger partial charge in [-0.2, -0.15) is 4.39 Å². The molecule has 4 nitrogen and oxygen atoms in total. The Morgan fingerprint density at radius 2 is 2.33 bits per heavy atom. The van der Waals surface area contributed by atoms with Crippen molar-refractivity contribution < 1.29 is 18.7 Å². The largest absolute Gasteiger partial charge is 0.396 e. The predicted octanol–water partition coefficient (Wildman–Crippen LogP) is 1.20. The van der Waals surface area contributed by atoms with Gasteiger partial charge in [0, 0.05) is 25.9 Å². The van der Waals surface area contributed by atoms with Crippen LogP contribution in [0.5, 0.6) is 0 Å². The van der Waals surface area contributed by atoms with E-state index >= 15 is 0 Å². The molecule has 1 atom stereocenters. The molecule has 1 aromatic heterocycles. The van der Waals surface area contributed by atoms with E-state index < -0.39 is 17.7 Å². The van der Waals surface area contributed by atoms with Crippen LogP contribution in [0.1, 0.15) is 23.2 Å². The minimum Gasteiger partial charge on any atom is -0.396 e. The van der Waals surface area contributed by atoms with Gasteiger partial charge >= 0.3 is 0 Å². The lowest BCUT2D eigenvalue weighted by Gasteiger charge is -2.16. The summed E-state index contributed by atoms with van der Waals surface area (Å²) in [4.78, 5) is 16.6. The molecule has 0 bridgehead atoms. The van der Waals surface area contributed by atoms with Crippen LogP contribution < -0.4 is 0 Å². The highest BCUT2D eigenvalue weighted by Crippen LogP contribution is 2.22. The van der Waals surface area contributed by atoms with Crippen molar-refractivity contribution in [1.82, 2.24) is 9.88 Å². The monoisotopic (exact) mass is 256 g/mol. The number of aliphatic hydroxyl groups excluding tert-OH is 1. The number of amides is 1. The summed E-state index contributed by atoms with van der Waals surface area (Å²) in [6, 6.07) is 1.18. The number of halogens is 2. The standard InChI is InChI=1S/C12H14F2N2O2/c13-10-9(1-4-15-11(10)14)12(18)16-5-2-8(7-16)3-6-17/h1,4,8,17H,2-3,5-7H2. The Bertz CT molecular complexity index is 454. The van der Waals surface area contributed by atoms with Crippen molar-refractivity contribution in [3.8, 4) is 0 Å². The van der Waals surface area contributed by atoms with Gasteiger partial charge in [-0.25, -0.2) is 9.37 Å². The van der Waals surface area contributed by atoms with Gasteiger partial charge in [0.15, 0.2) is 5.82 Å². The molecule has 0 spiro atoms. The molecule has 0 saturated carbocycles. The molecule has 1 amide bonds. The molecule has 1 unspecified atom stereocenters. The van der Waals surface area contributed by atoms with Crippen molar-refractivity contribution in [3.05, 3.63) is 29.6 Å². The number of rotatable bonds is 3. The number of carbonyl (C=O) groups excluding carboxylic acids is 1. The second-order valence-electron chi connectivity index (χ2n) is 4.38. The van der Waals surface area contributed by atoms with E-state index in [1.807, 2.05) is 0 Å². The van der Waals surface area contributed by atoms with E-state index in [1.54, 1.807) is 0 Å². The first-order valence-electron chi connectivity index (χ1n) is 5.83. The van der Waals surface area contributed by atoms with Gasteiger partial charge in [0.1, 0.15) is 0 Å². The van der Waals surface area contributed by atoms with Gasteiger partial charge in [-0.05, 0) is 24.8 Å². The molecule has 18 heavy (non-hydrogen) atoms. The maximum absolute atomic E-state index is 13.4. The summed E-state index contributed by atoms with van der Waals surface area (Å²) in [5.41, 5.74) is -0.285. The van der Waals surface area contributed by atoms with Crippen molar-refractivity contribution >= 4 is 5.91 Å². The molecule has 1 N–H and O–H groups in total. The summed E-state index contributed by atoms with van der Waals surface area (Å²) < 4.78 is 26.4. The Labute approximate surface area is 103 Å². The highest BCUT2D eigenvalue weighted by Gasteiger charge is 2.28. The van der Waals surface area contributed by atoms with E-state index in [9.17, 15) is 13.6 Å². The zero-order valence-electron chi connectivity index (χ0n) is 9.77. The maximum Gasteiger partial charge on any atom is 0.257 e. The summed E-state index contributed by atoms with van der Waals surface area (Å²) in [6.07, 6.45) is 2.48. The summed E-state index contributed by atoms with van der Waals surface area (Å²) in [7, 11) is 0. The first-order valence-corrected chi connectivity index (χ1v) is 5.83. The van der Waals surface area contributed by atoms with E-state index in [0.29, 0.717) is 19.5 Å². The van der Waals surface area contributed by atoms with Crippen LogP contribution in [-0.2, 0) is 0 Å². The van der Waals surface area contributed by atoms with Gasteiger partial charge in [0.2, 0.25) is 5.95 Å². The SMILES string of the molecule is O=C(c1ccnc(F)c1F)N1CCC(CCO)C1. The Morgan fingerprint density at radius 3 is 3.06 bits per heavy atom. The molecule has 1 saturated heterocycles. The van der Waals surface area contributed by atoms with E-state index in [1.165, 1.54) is 11.0 Å². The quantitative estimate of drug-likeness (QED) is 0.827. The van der Waals surface area contributed by atoms with Gasteiger partial charge in [0.05, 0.1) is 5.56 Å². The lowest BCUT2D eigenvalue weighted by Crippen LogP contribution is -2.29. The average Bonchev–Trinajstić information content (AvgIpc) is 2.81. The van der Waals surface area contributed by atoms with E-state index in [0.717, 1.165) is 12.6 Å². The number of hydrogen-bond acceptors (Lipinski definition) is 3. The molecular formula is C12H14F2N2O2. The average molecular weight is 256 g/mol. The molecule has 0 aliphatic carbocycles. The summed E-state index contributed by atoms with van der Waals surface area (Å²) in [5, 5.41) is 8.83.